The predicted molar refractivity (Wildman–Crippen MR) is 80.3 cm³/mol. The first kappa shape index (κ1) is 15.3. The van der Waals surface area contributed by atoms with Gasteiger partial charge in [-0.2, -0.15) is 0 Å². The second-order valence-electron chi connectivity index (χ2n) is 4.44. The molecular formula is C14H24N4O. The summed E-state index contributed by atoms with van der Waals surface area (Å²) in [4.78, 5) is 13.7. The third-order valence-electron chi connectivity index (χ3n) is 3.21. The van der Waals surface area contributed by atoms with Crippen molar-refractivity contribution in [3.63, 3.8) is 0 Å². The molecule has 1 rings (SSSR count). The molecule has 1 amide bonds. The average Bonchev–Trinajstić information content (AvgIpc) is 2.40. The number of para-hydroxylation sites is 1. The number of amides is 1. The van der Waals surface area contributed by atoms with Gasteiger partial charge in [0.25, 0.3) is 5.91 Å². The summed E-state index contributed by atoms with van der Waals surface area (Å²) >= 11 is 0. The largest absolute Gasteiger partial charge is 0.397 e. The molecule has 5 heteroatoms. The van der Waals surface area contributed by atoms with Gasteiger partial charge in [-0.25, -0.2) is 0 Å². The van der Waals surface area contributed by atoms with Crippen molar-refractivity contribution in [2.24, 2.45) is 5.73 Å². The van der Waals surface area contributed by atoms with Crippen molar-refractivity contribution in [3.8, 4) is 0 Å². The van der Waals surface area contributed by atoms with Gasteiger partial charge < -0.3 is 21.7 Å². The first-order valence-electron chi connectivity index (χ1n) is 6.74. The van der Waals surface area contributed by atoms with Crippen molar-refractivity contribution in [1.29, 1.82) is 0 Å². The van der Waals surface area contributed by atoms with Crippen molar-refractivity contribution in [3.05, 3.63) is 23.8 Å². The number of nitrogen functional groups attached to an aromatic ring is 1. The highest BCUT2D eigenvalue weighted by atomic mass is 16.1. The SMILES string of the molecule is CCN(CC)CCCNc1c(N)cccc1C(N)=O. The van der Waals surface area contributed by atoms with Crippen LogP contribution in [0.4, 0.5) is 11.4 Å². The standard InChI is InChI=1S/C14H24N4O/c1-3-18(4-2)10-6-9-17-13-11(14(16)19)7-5-8-12(13)15/h5,7-8,17H,3-4,6,9-10,15H2,1-2H3,(H2,16,19). The van der Waals surface area contributed by atoms with E-state index in [4.69, 9.17) is 11.5 Å². The molecule has 0 radical (unpaired) electrons. The van der Waals surface area contributed by atoms with E-state index in [1.807, 2.05) is 0 Å². The second kappa shape index (κ2) is 7.63. The quantitative estimate of drug-likeness (QED) is 0.491. The van der Waals surface area contributed by atoms with E-state index in [0.717, 1.165) is 32.6 Å². The molecule has 0 heterocycles. The van der Waals surface area contributed by atoms with E-state index < -0.39 is 5.91 Å². The highest BCUT2D eigenvalue weighted by Crippen LogP contribution is 2.22. The molecule has 0 atom stereocenters. The summed E-state index contributed by atoms with van der Waals surface area (Å²) in [7, 11) is 0. The topological polar surface area (TPSA) is 84.4 Å². The maximum atomic E-state index is 11.3. The number of primary amides is 1. The molecule has 19 heavy (non-hydrogen) atoms. The lowest BCUT2D eigenvalue weighted by atomic mass is 10.1. The first-order valence-corrected chi connectivity index (χ1v) is 6.74. The summed E-state index contributed by atoms with van der Waals surface area (Å²) < 4.78 is 0. The Kier molecular flexibility index (Phi) is 6.15. The van der Waals surface area contributed by atoms with Crippen LogP contribution in [-0.4, -0.2) is 37.0 Å². The van der Waals surface area contributed by atoms with E-state index in [-0.39, 0.29) is 0 Å². The van der Waals surface area contributed by atoms with E-state index in [0.29, 0.717) is 16.9 Å². The molecule has 106 valence electrons. The molecule has 0 aromatic heterocycles. The molecule has 0 spiro atoms. The molecule has 0 aliphatic rings. The Hall–Kier alpha value is -1.75. The lowest BCUT2D eigenvalue weighted by Crippen LogP contribution is -2.25. The average molecular weight is 264 g/mol. The normalized spacial score (nSPS) is 10.7. The van der Waals surface area contributed by atoms with Gasteiger partial charge in [-0.15, -0.1) is 0 Å². The van der Waals surface area contributed by atoms with Crippen LogP contribution in [0.1, 0.15) is 30.6 Å². The monoisotopic (exact) mass is 264 g/mol. The Morgan fingerprint density at radius 1 is 1.32 bits per heavy atom. The van der Waals surface area contributed by atoms with Gasteiger partial charge in [-0.05, 0) is 38.2 Å². The molecule has 5 nitrogen and oxygen atoms in total. The zero-order valence-corrected chi connectivity index (χ0v) is 11.8. The third kappa shape index (κ3) is 4.44. The van der Waals surface area contributed by atoms with E-state index in [2.05, 4.69) is 24.1 Å². The number of nitrogens with zero attached hydrogens (tertiary/aromatic N) is 1. The Morgan fingerprint density at radius 3 is 2.58 bits per heavy atom. The summed E-state index contributed by atoms with van der Waals surface area (Å²) in [6.07, 6.45) is 0.994. The van der Waals surface area contributed by atoms with Gasteiger partial charge in [0.2, 0.25) is 0 Å². The number of anilines is 2. The molecule has 5 N–H and O–H groups in total. The van der Waals surface area contributed by atoms with Gasteiger partial charge in [0.15, 0.2) is 0 Å². The summed E-state index contributed by atoms with van der Waals surface area (Å²) in [5.74, 6) is -0.460. The highest BCUT2D eigenvalue weighted by Gasteiger charge is 2.10. The van der Waals surface area contributed by atoms with Gasteiger partial charge in [0.05, 0.1) is 16.9 Å². The first-order chi connectivity index (χ1) is 9.10. The fourth-order valence-electron chi connectivity index (χ4n) is 2.03. The number of carbonyl (C=O) groups is 1. The van der Waals surface area contributed by atoms with Crippen molar-refractivity contribution < 1.29 is 4.79 Å². The number of nitrogens with one attached hydrogen (secondary N) is 1. The van der Waals surface area contributed by atoms with Crippen molar-refractivity contribution in [1.82, 2.24) is 4.90 Å². The summed E-state index contributed by atoms with van der Waals surface area (Å²) in [6.45, 7) is 8.20. The van der Waals surface area contributed by atoms with Gasteiger partial charge >= 0.3 is 0 Å². The van der Waals surface area contributed by atoms with Crippen LogP contribution in [0.15, 0.2) is 18.2 Å². The maximum Gasteiger partial charge on any atom is 0.250 e. The van der Waals surface area contributed by atoms with Crippen LogP contribution in [0, 0.1) is 0 Å². The van der Waals surface area contributed by atoms with Crippen LogP contribution >= 0.6 is 0 Å². The highest BCUT2D eigenvalue weighted by molar-refractivity contribution is 6.01. The molecule has 0 aliphatic heterocycles. The fraction of sp³-hybridized carbons (Fsp3) is 0.500. The zero-order valence-electron chi connectivity index (χ0n) is 11.8. The van der Waals surface area contributed by atoms with Crippen LogP contribution in [0.25, 0.3) is 0 Å². The molecule has 0 bridgehead atoms. The maximum absolute atomic E-state index is 11.3. The molecule has 0 fully saturated rings. The Balaban J connectivity index is 2.56. The van der Waals surface area contributed by atoms with E-state index in [9.17, 15) is 4.79 Å². The molecule has 0 saturated heterocycles. The Labute approximate surface area is 115 Å². The molecule has 0 unspecified atom stereocenters. The smallest absolute Gasteiger partial charge is 0.250 e. The third-order valence-corrected chi connectivity index (χ3v) is 3.21. The van der Waals surface area contributed by atoms with Crippen LogP contribution in [0.2, 0.25) is 0 Å². The van der Waals surface area contributed by atoms with Crippen LogP contribution in [-0.2, 0) is 0 Å². The van der Waals surface area contributed by atoms with Crippen molar-refractivity contribution in [2.75, 3.05) is 37.2 Å². The predicted octanol–water partition coefficient (Wildman–Crippen LogP) is 1.51. The van der Waals surface area contributed by atoms with Gasteiger partial charge in [0.1, 0.15) is 0 Å². The summed E-state index contributed by atoms with van der Waals surface area (Å²) in [5, 5.41) is 3.21. The van der Waals surface area contributed by atoms with Gasteiger partial charge in [-0.1, -0.05) is 19.9 Å². The molecule has 1 aromatic carbocycles. The summed E-state index contributed by atoms with van der Waals surface area (Å²) in [5.41, 5.74) is 12.9. The number of carbonyl (C=O) groups excluding carboxylic acids is 1. The number of hydrogen-bond donors (Lipinski definition) is 3. The van der Waals surface area contributed by atoms with E-state index >= 15 is 0 Å². The van der Waals surface area contributed by atoms with Crippen LogP contribution in [0.5, 0.6) is 0 Å². The molecule has 0 aliphatic carbocycles. The molecule has 1 aromatic rings. The number of rotatable bonds is 8. The fourth-order valence-corrected chi connectivity index (χ4v) is 2.03. The lowest BCUT2D eigenvalue weighted by Gasteiger charge is -2.18. The second-order valence-corrected chi connectivity index (χ2v) is 4.44. The minimum atomic E-state index is -0.460. The van der Waals surface area contributed by atoms with Crippen LogP contribution < -0.4 is 16.8 Å². The number of hydrogen-bond acceptors (Lipinski definition) is 4. The zero-order chi connectivity index (χ0) is 14.3. The Bertz CT molecular complexity index is 416. The van der Waals surface area contributed by atoms with Crippen molar-refractivity contribution >= 4 is 17.3 Å². The number of nitrogens with two attached hydrogens (primary N) is 2. The van der Waals surface area contributed by atoms with Gasteiger partial charge in [-0.3, -0.25) is 4.79 Å². The van der Waals surface area contributed by atoms with Crippen molar-refractivity contribution in [2.45, 2.75) is 20.3 Å². The van der Waals surface area contributed by atoms with E-state index in [1.165, 1.54) is 0 Å². The molecular weight excluding hydrogens is 240 g/mol. The Morgan fingerprint density at radius 2 is 2.00 bits per heavy atom. The molecule has 0 saturated carbocycles. The minimum absolute atomic E-state index is 0.447. The number of benzene rings is 1. The van der Waals surface area contributed by atoms with E-state index in [1.54, 1.807) is 18.2 Å². The van der Waals surface area contributed by atoms with Gasteiger partial charge in [0, 0.05) is 6.54 Å². The summed E-state index contributed by atoms with van der Waals surface area (Å²) in [6, 6.07) is 5.18. The minimum Gasteiger partial charge on any atom is -0.397 e. The lowest BCUT2D eigenvalue weighted by molar-refractivity contribution is 0.100. The van der Waals surface area contributed by atoms with Crippen LogP contribution in [0.3, 0.4) is 0 Å².